The molecule has 0 aliphatic heterocycles. The lowest BCUT2D eigenvalue weighted by Gasteiger charge is -2.25. The fourth-order valence-electron chi connectivity index (χ4n) is 1.61. The Morgan fingerprint density at radius 1 is 1.46 bits per heavy atom. The van der Waals surface area contributed by atoms with E-state index in [-0.39, 0.29) is 12.1 Å². The zero-order valence-corrected chi connectivity index (χ0v) is 8.03. The Kier molecular flexibility index (Phi) is 3.26. The van der Waals surface area contributed by atoms with Crippen molar-refractivity contribution in [2.24, 2.45) is 5.84 Å². The van der Waals surface area contributed by atoms with E-state index in [4.69, 9.17) is 10.6 Å². The number of nitrogens with one attached hydrogen (secondary N) is 1. The maximum absolute atomic E-state index is 9.52. The third kappa shape index (κ3) is 3.21. The van der Waals surface area contributed by atoms with Crippen molar-refractivity contribution >= 4 is 0 Å². The molecule has 5 heteroatoms. The predicted octanol–water partition coefficient (Wildman–Crippen LogP) is -0.913. The zero-order chi connectivity index (χ0) is 10.1. The van der Waals surface area contributed by atoms with Crippen molar-refractivity contribution in [1.29, 1.82) is 0 Å². The van der Waals surface area contributed by atoms with E-state index in [0.29, 0.717) is 12.8 Å². The van der Waals surface area contributed by atoms with Crippen LogP contribution >= 0.6 is 0 Å². The van der Waals surface area contributed by atoms with Crippen molar-refractivity contribution in [2.75, 3.05) is 0 Å². The molecule has 0 aromatic carbocycles. The molecular formula is C8H18N2O3. The molecule has 0 amide bonds. The van der Waals surface area contributed by atoms with Crippen LogP contribution in [0.1, 0.15) is 26.7 Å². The molecule has 5 N–H and O–H groups in total. The van der Waals surface area contributed by atoms with Crippen molar-refractivity contribution < 1.29 is 14.9 Å². The summed E-state index contributed by atoms with van der Waals surface area (Å²) in [6, 6.07) is 0.0716. The lowest BCUT2D eigenvalue weighted by molar-refractivity contribution is -0.219. The monoisotopic (exact) mass is 190 g/mol. The molecule has 1 saturated carbocycles. The quantitative estimate of drug-likeness (QED) is 0.263. The summed E-state index contributed by atoms with van der Waals surface area (Å²) >= 11 is 0. The highest BCUT2D eigenvalue weighted by atomic mass is 16.6. The molecule has 0 spiro atoms. The Hall–Kier alpha value is -0.200. The Morgan fingerprint density at radius 2 is 2.08 bits per heavy atom. The number of hydrazine groups is 1. The van der Waals surface area contributed by atoms with Gasteiger partial charge in [-0.25, -0.2) is 0 Å². The van der Waals surface area contributed by atoms with Gasteiger partial charge in [-0.15, -0.1) is 0 Å². The van der Waals surface area contributed by atoms with Gasteiger partial charge < -0.3 is 14.9 Å². The average molecular weight is 190 g/mol. The smallest absolute Gasteiger partial charge is 0.160 e. The van der Waals surface area contributed by atoms with Gasteiger partial charge in [0, 0.05) is 6.04 Å². The van der Waals surface area contributed by atoms with E-state index < -0.39 is 11.9 Å². The standard InChI is InChI=1S/C8H18N2O3/c1-8(2,12)13-7-4-5(10-9)3-6(7)11/h5-7,10-12H,3-4,9H2,1-2H3/t5-,6+,7+/m1/s1. The Bertz CT molecular complexity index is 169. The first-order valence-electron chi connectivity index (χ1n) is 4.47. The van der Waals surface area contributed by atoms with Crippen LogP contribution in [0.5, 0.6) is 0 Å². The molecular weight excluding hydrogens is 172 g/mol. The van der Waals surface area contributed by atoms with E-state index in [2.05, 4.69) is 5.43 Å². The largest absolute Gasteiger partial charge is 0.390 e. The van der Waals surface area contributed by atoms with E-state index in [1.165, 1.54) is 0 Å². The topological polar surface area (TPSA) is 87.7 Å². The van der Waals surface area contributed by atoms with Gasteiger partial charge >= 0.3 is 0 Å². The number of ether oxygens (including phenoxy) is 1. The van der Waals surface area contributed by atoms with E-state index in [1.54, 1.807) is 13.8 Å². The molecule has 1 aliphatic carbocycles. The predicted molar refractivity (Wildman–Crippen MR) is 47.5 cm³/mol. The van der Waals surface area contributed by atoms with E-state index in [1.807, 2.05) is 0 Å². The summed E-state index contributed by atoms with van der Waals surface area (Å²) in [6.45, 7) is 3.09. The number of rotatable bonds is 3. The molecule has 78 valence electrons. The number of nitrogens with two attached hydrogens (primary N) is 1. The zero-order valence-electron chi connectivity index (χ0n) is 8.03. The summed E-state index contributed by atoms with van der Waals surface area (Å²) in [7, 11) is 0. The minimum Gasteiger partial charge on any atom is -0.390 e. The highest BCUT2D eigenvalue weighted by Crippen LogP contribution is 2.25. The van der Waals surface area contributed by atoms with Gasteiger partial charge in [-0.2, -0.15) is 0 Å². The van der Waals surface area contributed by atoms with Gasteiger partial charge in [0.15, 0.2) is 5.79 Å². The molecule has 13 heavy (non-hydrogen) atoms. The van der Waals surface area contributed by atoms with Crippen LogP contribution in [-0.2, 0) is 4.74 Å². The maximum Gasteiger partial charge on any atom is 0.160 e. The van der Waals surface area contributed by atoms with Crippen LogP contribution in [-0.4, -0.2) is 34.2 Å². The van der Waals surface area contributed by atoms with Gasteiger partial charge in [0.05, 0.1) is 12.2 Å². The maximum atomic E-state index is 9.52. The Morgan fingerprint density at radius 3 is 2.46 bits per heavy atom. The molecule has 0 aromatic rings. The SMILES string of the molecule is CC(C)(O)O[C@H]1C[C@H](NN)C[C@@H]1O. The fraction of sp³-hybridized carbons (Fsp3) is 1.00. The lowest BCUT2D eigenvalue weighted by Crippen LogP contribution is -2.35. The van der Waals surface area contributed by atoms with Crippen LogP contribution in [0.3, 0.4) is 0 Å². The van der Waals surface area contributed by atoms with Crippen molar-refractivity contribution in [1.82, 2.24) is 5.43 Å². The first kappa shape index (κ1) is 10.9. The van der Waals surface area contributed by atoms with Crippen LogP contribution in [0.2, 0.25) is 0 Å². The van der Waals surface area contributed by atoms with Gasteiger partial charge in [0.25, 0.3) is 0 Å². The second-order valence-corrected chi connectivity index (χ2v) is 4.01. The summed E-state index contributed by atoms with van der Waals surface area (Å²) in [6.07, 6.45) is 0.312. The number of hydrogen-bond donors (Lipinski definition) is 4. The third-order valence-corrected chi connectivity index (χ3v) is 2.15. The van der Waals surface area contributed by atoms with Gasteiger partial charge in [0.2, 0.25) is 0 Å². The lowest BCUT2D eigenvalue weighted by atomic mass is 10.2. The third-order valence-electron chi connectivity index (χ3n) is 2.15. The van der Waals surface area contributed by atoms with E-state index >= 15 is 0 Å². The molecule has 1 aliphatic rings. The summed E-state index contributed by atoms with van der Waals surface area (Å²) in [5, 5.41) is 18.9. The van der Waals surface area contributed by atoms with Crippen LogP contribution in [0.15, 0.2) is 0 Å². The summed E-state index contributed by atoms with van der Waals surface area (Å²) in [5.74, 6) is 4.04. The van der Waals surface area contributed by atoms with Gasteiger partial charge in [-0.05, 0) is 26.7 Å². The van der Waals surface area contributed by atoms with Crippen molar-refractivity contribution in [3.05, 3.63) is 0 Å². The van der Waals surface area contributed by atoms with Crippen LogP contribution in [0.4, 0.5) is 0 Å². The van der Waals surface area contributed by atoms with Crippen LogP contribution in [0.25, 0.3) is 0 Å². The molecule has 0 heterocycles. The first-order valence-corrected chi connectivity index (χ1v) is 4.47. The molecule has 5 nitrogen and oxygen atoms in total. The highest BCUT2D eigenvalue weighted by molar-refractivity contribution is 4.88. The molecule has 0 radical (unpaired) electrons. The van der Waals surface area contributed by atoms with Crippen LogP contribution < -0.4 is 11.3 Å². The molecule has 3 atom stereocenters. The molecule has 0 bridgehead atoms. The molecule has 0 unspecified atom stereocenters. The molecule has 0 aromatic heterocycles. The Labute approximate surface area is 77.8 Å². The summed E-state index contributed by atoms with van der Waals surface area (Å²) in [4.78, 5) is 0. The second kappa shape index (κ2) is 3.89. The minimum atomic E-state index is -1.20. The first-order chi connectivity index (χ1) is 5.92. The normalized spacial score (nSPS) is 35.3. The average Bonchev–Trinajstić information content (AvgIpc) is 2.29. The highest BCUT2D eigenvalue weighted by Gasteiger charge is 2.36. The number of aliphatic hydroxyl groups is 2. The van der Waals surface area contributed by atoms with Gasteiger partial charge in [-0.3, -0.25) is 11.3 Å². The summed E-state index contributed by atoms with van der Waals surface area (Å²) in [5.41, 5.74) is 2.59. The molecule has 0 saturated heterocycles. The van der Waals surface area contributed by atoms with Crippen LogP contribution in [0, 0.1) is 0 Å². The number of aliphatic hydroxyl groups excluding tert-OH is 1. The van der Waals surface area contributed by atoms with E-state index in [0.717, 1.165) is 0 Å². The van der Waals surface area contributed by atoms with Crippen molar-refractivity contribution in [3.8, 4) is 0 Å². The van der Waals surface area contributed by atoms with Crippen molar-refractivity contribution in [2.45, 2.75) is 50.7 Å². The van der Waals surface area contributed by atoms with Gasteiger partial charge in [0.1, 0.15) is 0 Å². The minimum absolute atomic E-state index is 0.0716. The molecule has 1 fully saturated rings. The van der Waals surface area contributed by atoms with Crippen molar-refractivity contribution in [3.63, 3.8) is 0 Å². The fourth-order valence-corrected chi connectivity index (χ4v) is 1.61. The molecule has 1 rings (SSSR count). The van der Waals surface area contributed by atoms with Gasteiger partial charge in [-0.1, -0.05) is 0 Å². The number of hydrogen-bond acceptors (Lipinski definition) is 5. The summed E-state index contributed by atoms with van der Waals surface area (Å²) < 4.78 is 5.25. The Balaban J connectivity index is 2.44. The van der Waals surface area contributed by atoms with E-state index in [9.17, 15) is 10.2 Å². The second-order valence-electron chi connectivity index (χ2n) is 4.01.